The summed E-state index contributed by atoms with van der Waals surface area (Å²) in [5, 5.41) is 0. The second-order valence-electron chi connectivity index (χ2n) is 5.12. The molecule has 96 valence electrons. The van der Waals surface area contributed by atoms with Gasteiger partial charge in [0.05, 0.1) is 0 Å². The third-order valence-corrected chi connectivity index (χ3v) is 3.88. The molecular weight excluding hydrogens is 226 g/mol. The Morgan fingerprint density at radius 2 is 2.28 bits per heavy atom. The number of nitrogens with two attached hydrogens (primary N) is 1. The Bertz CT molecular complexity index is 563. The van der Waals surface area contributed by atoms with Gasteiger partial charge in [-0.1, -0.05) is 6.92 Å². The van der Waals surface area contributed by atoms with Crippen LogP contribution in [0.2, 0.25) is 0 Å². The fourth-order valence-electron chi connectivity index (χ4n) is 2.86. The van der Waals surface area contributed by atoms with E-state index in [0.29, 0.717) is 12.1 Å². The summed E-state index contributed by atoms with van der Waals surface area (Å²) in [6, 6.07) is 7.40. The lowest BCUT2D eigenvalue weighted by atomic mass is 10.2. The van der Waals surface area contributed by atoms with Gasteiger partial charge < -0.3 is 15.1 Å². The number of nitrogen functional groups attached to an aromatic ring is 1. The van der Waals surface area contributed by atoms with Crippen LogP contribution in [-0.2, 0) is 0 Å². The van der Waals surface area contributed by atoms with Crippen molar-refractivity contribution in [1.29, 1.82) is 0 Å². The minimum Gasteiger partial charge on any atom is -0.423 e. The molecule has 1 aliphatic heterocycles. The zero-order valence-corrected chi connectivity index (χ0v) is 10.9. The zero-order valence-electron chi connectivity index (χ0n) is 10.9. The maximum absolute atomic E-state index is 5.87. The third-order valence-electron chi connectivity index (χ3n) is 3.88. The third kappa shape index (κ3) is 1.72. The minimum absolute atomic E-state index is 0.500. The maximum Gasteiger partial charge on any atom is 0.298 e. The highest BCUT2D eigenvalue weighted by molar-refractivity contribution is 5.78. The Labute approximate surface area is 107 Å². The standard InChI is InChI=1S/C14H19N3O/c1-3-11-6-4-9(2)17(11)14-16-12-8-10(15)5-7-13(12)18-14/h5,7-9,11H,3-4,6,15H2,1-2H3. The monoisotopic (exact) mass is 245 g/mol. The van der Waals surface area contributed by atoms with E-state index in [0.717, 1.165) is 29.2 Å². The number of hydrogen-bond acceptors (Lipinski definition) is 4. The van der Waals surface area contributed by atoms with Crippen LogP contribution in [0.3, 0.4) is 0 Å². The molecule has 0 amide bonds. The fraction of sp³-hybridized carbons (Fsp3) is 0.500. The summed E-state index contributed by atoms with van der Waals surface area (Å²) in [5.41, 5.74) is 8.16. The molecule has 4 nitrogen and oxygen atoms in total. The zero-order chi connectivity index (χ0) is 12.7. The summed E-state index contributed by atoms with van der Waals surface area (Å²) in [5.74, 6) is 0. The van der Waals surface area contributed by atoms with Crippen molar-refractivity contribution in [3.63, 3.8) is 0 Å². The molecule has 4 heteroatoms. The Hall–Kier alpha value is -1.71. The molecule has 18 heavy (non-hydrogen) atoms. The van der Waals surface area contributed by atoms with Crippen molar-refractivity contribution >= 4 is 22.8 Å². The number of hydrogen-bond donors (Lipinski definition) is 1. The van der Waals surface area contributed by atoms with Crippen molar-refractivity contribution in [3.05, 3.63) is 18.2 Å². The Morgan fingerprint density at radius 3 is 3.06 bits per heavy atom. The van der Waals surface area contributed by atoms with E-state index in [9.17, 15) is 0 Å². The molecule has 1 aromatic carbocycles. The molecule has 2 N–H and O–H groups in total. The number of aromatic nitrogens is 1. The number of nitrogens with zero attached hydrogens (tertiary/aromatic N) is 2. The van der Waals surface area contributed by atoms with Gasteiger partial charge in [-0.2, -0.15) is 4.98 Å². The average Bonchev–Trinajstić information content (AvgIpc) is 2.91. The van der Waals surface area contributed by atoms with Crippen LogP contribution in [0, 0.1) is 0 Å². The lowest BCUT2D eigenvalue weighted by Crippen LogP contribution is -2.34. The minimum atomic E-state index is 0.500. The van der Waals surface area contributed by atoms with E-state index in [1.165, 1.54) is 12.8 Å². The smallest absolute Gasteiger partial charge is 0.298 e. The van der Waals surface area contributed by atoms with E-state index in [2.05, 4.69) is 23.7 Å². The summed E-state index contributed by atoms with van der Waals surface area (Å²) in [4.78, 5) is 6.90. The van der Waals surface area contributed by atoms with Crippen molar-refractivity contribution < 1.29 is 4.42 Å². The molecule has 3 rings (SSSR count). The number of anilines is 2. The molecule has 0 aliphatic carbocycles. The van der Waals surface area contributed by atoms with Crippen molar-refractivity contribution in [2.24, 2.45) is 0 Å². The van der Waals surface area contributed by atoms with E-state index < -0.39 is 0 Å². The lowest BCUT2D eigenvalue weighted by molar-refractivity contribution is 0.520. The summed E-state index contributed by atoms with van der Waals surface area (Å²) in [7, 11) is 0. The predicted octanol–water partition coefficient (Wildman–Crippen LogP) is 3.18. The molecule has 1 fully saturated rings. The van der Waals surface area contributed by atoms with E-state index in [1.807, 2.05) is 18.2 Å². The van der Waals surface area contributed by atoms with Gasteiger partial charge in [0.1, 0.15) is 5.52 Å². The molecule has 2 heterocycles. The number of oxazole rings is 1. The van der Waals surface area contributed by atoms with E-state index >= 15 is 0 Å². The van der Waals surface area contributed by atoms with E-state index in [-0.39, 0.29) is 0 Å². The summed E-state index contributed by atoms with van der Waals surface area (Å²) in [6.07, 6.45) is 3.56. The number of rotatable bonds is 2. The van der Waals surface area contributed by atoms with Crippen LogP contribution in [0.4, 0.5) is 11.7 Å². The van der Waals surface area contributed by atoms with Crippen molar-refractivity contribution in [3.8, 4) is 0 Å². The summed E-state index contributed by atoms with van der Waals surface area (Å²) < 4.78 is 5.87. The van der Waals surface area contributed by atoms with E-state index in [1.54, 1.807) is 0 Å². The van der Waals surface area contributed by atoms with Gasteiger partial charge in [-0.05, 0) is 44.4 Å². The largest absolute Gasteiger partial charge is 0.423 e. The van der Waals surface area contributed by atoms with Gasteiger partial charge in [-0.25, -0.2) is 0 Å². The summed E-state index contributed by atoms with van der Waals surface area (Å²) in [6.45, 7) is 4.45. The van der Waals surface area contributed by atoms with Gasteiger partial charge in [-0.15, -0.1) is 0 Å². The fourth-order valence-corrected chi connectivity index (χ4v) is 2.86. The molecule has 0 spiro atoms. The quantitative estimate of drug-likeness (QED) is 0.826. The number of benzene rings is 1. The molecule has 0 bridgehead atoms. The van der Waals surface area contributed by atoms with Crippen molar-refractivity contribution in [2.45, 2.75) is 45.2 Å². The second-order valence-corrected chi connectivity index (χ2v) is 5.12. The van der Waals surface area contributed by atoms with Gasteiger partial charge in [0.2, 0.25) is 0 Å². The summed E-state index contributed by atoms with van der Waals surface area (Å²) >= 11 is 0. The van der Waals surface area contributed by atoms with Crippen LogP contribution >= 0.6 is 0 Å². The first-order chi connectivity index (χ1) is 8.69. The van der Waals surface area contributed by atoms with Gasteiger partial charge >= 0.3 is 0 Å². The second kappa shape index (κ2) is 4.19. The van der Waals surface area contributed by atoms with Gasteiger partial charge in [0, 0.05) is 17.8 Å². The highest BCUT2D eigenvalue weighted by atomic mass is 16.4. The van der Waals surface area contributed by atoms with Crippen LogP contribution in [0.15, 0.2) is 22.6 Å². The van der Waals surface area contributed by atoms with Crippen LogP contribution in [0.25, 0.3) is 11.1 Å². The van der Waals surface area contributed by atoms with Crippen LogP contribution in [-0.4, -0.2) is 17.1 Å². The lowest BCUT2D eigenvalue weighted by Gasteiger charge is -2.25. The highest BCUT2D eigenvalue weighted by Gasteiger charge is 2.32. The van der Waals surface area contributed by atoms with Gasteiger partial charge in [0.15, 0.2) is 5.58 Å². The Morgan fingerprint density at radius 1 is 1.44 bits per heavy atom. The molecule has 1 saturated heterocycles. The maximum atomic E-state index is 5.87. The number of fused-ring (bicyclic) bond motifs is 1. The van der Waals surface area contributed by atoms with E-state index in [4.69, 9.17) is 10.2 Å². The van der Waals surface area contributed by atoms with Gasteiger partial charge in [0.25, 0.3) is 6.01 Å². The first-order valence-electron chi connectivity index (χ1n) is 6.63. The molecule has 1 aromatic heterocycles. The van der Waals surface area contributed by atoms with Crippen LogP contribution < -0.4 is 10.6 Å². The Balaban J connectivity index is 2.03. The Kier molecular flexibility index (Phi) is 2.65. The SMILES string of the molecule is CCC1CCC(C)N1c1nc2cc(N)ccc2o1. The molecule has 2 atom stereocenters. The average molecular weight is 245 g/mol. The first-order valence-corrected chi connectivity index (χ1v) is 6.63. The molecule has 1 aliphatic rings. The first kappa shape index (κ1) is 11.4. The molecule has 0 radical (unpaired) electrons. The van der Waals surface area contributed by atoms with Crippen LogP contribution in [0.1, 0.15) is 33.1 Å². The highest BCUT2D eigenvalue weighted by Crippen LogP contribution is 2.33. The van der Waals surface area contributed by atoms with Crippen molar-refractivity contribution in [2.75, 3.05) is 10.6 Å². The predicted molar refractivity (Wildman–Crippen MR) is 73.7 cm³/mol. The topological polar surface area (TPSA) is 55.3 Å². The van der Waals surface area contributed by atoms with Gasteiger partial charge in [-0.3, -0.25) is 0 Å². The van der Waals surface area contributed by atoms with Crippen molar-refractivity contribution in [1.82, 2.24) is 4.98 Å². The molecule has 0 saturated carbocycles. The normalized spacial score (nSPS) is 24.0. The van der Waals surface area contributed by atoms with Crippen LogP contribution in [0.5, 0.6) is 0 Å². The molecular formula is C14H19N3O. The molecule has 2 aromatic rings. The molecule has 2 unspecified atom stereocenters.